The molecule has 1 aliphatic heterocycles. The molecule has 1 fully saturated rings. The topological polar surface area (TPSA) is 45.2 Å². The molecular weight excluding hydrogens is 306 g/mol. The minimum Gasteiger partial charge on any atom is -0.338 e. The summed E-state index contributed by atoms with van der Waals surface area (Å²) in [6, 6.07) is 7.85. The van der Waals surface area contributed by atoms with Gasteiger partial charge in [-0.05, 0) is 51.4 Å². The van der Waals surface area contributed by atoms with Gasteiger partial charge in [0.15, 0.2) is 0 Å². The van der Waals surface area contributed by atoms with Gasteiger partial charge in [-0.1, -0.05) is 12.1 Å². The smallest absolute Gasteiger partial charge is 0.253 e. The number of rotatable bonds is 4. The molecule has 1 saturated heterocycles. The van der Waals surface area contributed by atoms with Gasteiger partial charge in [0.2, 0.25) is 0 Å². The second-order valence-corrected chi connectivity index (χ2v) is 7.21. The summed E-state index contributed by atoms with van der Waals surface area (Å²) in [6.07, 6.45) is 2.28. The van der Waals surface area contributed by atoms with Crippen LogP contribution >= 0.6 is 11.3 Å². The number of nitrogens with one attached hydrogen (secondary N) is 1. The van der Waals surface area contributed by atoms with E-state index in [1.165, 1.54) is 6.42 Å². The first kappa shape index (κ1) is 16.1. The Morgan fingerprint density at radius 2 is 2.35 bits per heavy atom. The van der Waals surface area contributed by atoms with Gasteiger partial charge in [0.1, 0.15) is 0 Å². The van der Waals surface area contributed by atoms with E-state index in [1.807, 2.05) is 48.5 Å². The molecule has 0 saturated carbocycles. The normalized spacial score (nSPS) is 18.2. The first-order valence-corrected chi connectivity index (χ1v) is 9.02. The Bertz CT molecular complexity index is 680. The number of aryl methyl sites for hydroxylation is 1. The number of amides is 1. The summed E-state index contributed by atoms with van der Waals surface area (Å²) in [5, 5.41) is 6.31. The highest BCUT2D eigenvalue weighted by atomic mass is 32.1. The summed E-state index contributed by atoms with van der Waals surface area (Å²) in [6.45, 7) is 4.68. The minimum atomic E-state index is 0.139. The van der Waals surface area contributed by atoms with Crippen molar-refractivity contribution in [1.29, 1.82) is 0 Å². The maximum Gasteiger partial charge on any atom is 0.253 e. The number of hydrogen-bond acceptors (Lipinski definition) is 4. The lowest BCUT2D eigenvalue weighted by atomic mass is 9.97. The van der Waals surface area contributed by atoms with E-state index in [2.05, 4.69) is 10.3 Å². The average Bonchev–Trinajstić information content (AvgIpc) is 3.01. The third kappa shape index (κ3) is 3.79. The molecule has 1 aromatic heterocycles. The molecule has 2 heterocycles. The van der Waals surface area contributed by atoms with E-state index in [1.54, 1.807) is 11.3 Å². The zero-order valence-electron chi connectivity index (χ0n) is 13.7. The Hall–Kier alpha value is -1.72. The van der Waals surface area contributed by atoms with Crippen LogP contribution in [0.25, 0.3) is 11.3 Å². The zero-order valence-corrected chi connectivity index (χ0v) is 14.5. The first-order valence-electron chi connectivity index (χ1n) is 8.14. The minimum absolute atomic E-state index is 0.139. The largest absolute Gasteiger partial charge is 0.338 e. The first-order chi connectivity index (χ1) is 11.2. The lowest BCUT2D eigenvalue weighted by Crippen LogP contribution is -2.42. The van der Waals surface area contributed by atoms with E-state index in [9.17, 15) is 4.79 Å². The molecular formula is C18H23N3OS. The fourth-order valence-corrected chi connectivity index (χ4v) is 3.82. The van der Waals surface area contributed by atoms with Crippen molar-refractivity contribution >= 4 is 17.2 Å². The number of carbonyl (C=O) groups excluding carboxylic acids is 1. The quantitative estimate of drug-likeness (QED) is 0.937. The van der Waals surface area contributed by atoms with Crippen LogP contribution in [0.3, 0.4) is 0 Å². The van der Waals surface area contributed by atoms with Crippen molar-refractivity contribution in [3.63, 3.8) is 0 Å². The van der Waals surface area contributed by atoms with Gasteiger partial charge in [0.05, 0.1) is 10.7 Å². The number of piperidine rings is 1. The maximum atomic E-state index is 12.8. The van der Waals surface area contributed by atoms with Gasteiger partial charge in [-0.15, -0.1) is 11.3 Å². The number of carbonyl (C=O) groups is 1. The van der Waals surface area contributed by atoms with Gasteiger partial charge in [-0.25, -0.2) is 4.98 Å². The summed E-state index contributed by atoms with van der Waals surface area (Å²) in [5.41, 5.74) is 2.73. The SMILES string of the molecule is CNCC1CCCN(C(=O)c2cccc(-c3csc(C)n3)c2)C1. The van der Waals surface area contributed by atoms with Crippen molar-refractivity contribution in [1.82, 2.24) is 15.2 Å². The van der Waals surface area contributed by atoms with Crippen LogP contribution in [-0.2, 0) is 0 Å². The standard InChI is InChI=1S/C18H23N3OS/c1-13-20-17(12-23-13)15-6-3-7-16(9-15)18(22)21-8-4-5-14(11-21)10-19-2/h3,6-7,9,12,14,19H,4-5,8,10-11H2,1-2H3. The van der Waals surface area contributed by atoms with Crippen LogP contribution in [0, 0.1) is 12.8 Å². The van der Waals surface area contributed by atoms with Crippen molar-refractivity contribution in [2.24, 2.45) is 5.92 Å². The summed E-state index contributed by atoms with van der Waals surface area (Å²) in [4.78, 5) is 19.3. The maximum absolute atomic E-state index is 12.8. The molecule has 23 heavy (non-hydrogen) atoms. The van der Waals surface area contributed by atoms with Gasteiger partial charge in [-0.2, -0.15) is 0 Å². The number of aromatic nitrogens is 1. The summed E-state index contributed by atoms with van der Waals surface area (Å²) < 4.78 is 0. The van der Waals surface area contributed by atoms with Crippen molar-refractivity contribution in [2.45, 2.75) is 19.8 Å². The van der Waals surface area contributed by atoms with Gasteiger partial charge >= 0.3 is 0 Å². The van der Waals surface area contributed by atoms with E-state index in [0.717, 1.165) is 47.9 Å². The molecule has 2 aromatic rings. The van der Waals surface area contributed by atoms with Crippen LogP contribution in [0.15, 0.2) is 29.6 Å². The third-order valence-electron chi connectivity index (χ3n) is 4.32. The van der Waals surface area contributed by atoms with E-state index in [-0.39, 0.29) is 5.91 Å². The predicted octanol–water partition coefficient (Wildman–Crippen LogP) is 3.19. The molecule has 0 bridgehead atoms. The number of nitrogens with zero attached hydrogens (tertiary/aromatic N) is 2. The average molecular weight is 329 g/mol. The Morgan fingerprint density at radius 1 is 1.48 bits per heavy atom. The lowest BCUT2D eigenvalue weighted by Gasteiger charge is -2.32. The highest BCUT2D eigenvalue weighted by Crippen LogP contribution is 2.24. The summed E-state index contributed by atoms with van der Waals surface area (Å²) in [5.74, 6) is 0.696. The summed E-state index contributed by atoms with van der Waals surface area (Å²) in [7, 11) is 1.97. The molecule has 0 spiro atoms. The second-order valence-electron chi connectivity index (χ2n) is 6.15. The van der Waals surface area contributed by atoms with Crippen LogP contribution < -0.4 is 5.32 Å². The highest BCUT2D eigenvalue weighted by molar-refractivity contribution is 7.09. The molecule has 4 nitrogen and oxygen atoms in total. The van der Waals surface area contributed by atoms with Crippen molar-refractivity contribution in [2.75, 3.05) is 26.7 Å². The second kappa shape index (κ2) is 7.23. The molecule has 5 heteroatoms. The molecule has 0 aliphatic carbocycles. The van der Waals surface area contributed by atoms with Crippen LogP contribution in [0.5, 0.6) is 0 Å². The molecule has 1 aliphatic rings. The van der Waals surface area contributed by atoms with Crippen LogP contribution in [0.4, 0.5) is 0 Å². The van der Waals surface area contributed by atoms with Crippen LogP contribution in [0.2, 0.25) is 0 Å². The van der Waals surface area contributed by atoms with E-state index < -0.39 is 0 Å². The van der Waals surface area contributed by atoms with Crippen molar-refractivity contribution in [3.05, 3.63) is 40.2 Å². The third-order valence-corrected chi connectivity index (χ3v) is 5.10. The molecule has 1 aromatic carbocycles. The number of thiazole rings is 1. The number of benzene rings is 1. The Morgan fingerprint density at radius 3 is 3.09 bits per heavy atom. The molecule has 1 unspecified atom stereocenters. The molecule has 1 N–H and O–H groups in total. The lowest BCUT2D eigenvalue weighted by molar-refractivity contribution is 0.0674. The van der Waals surface area contributed by atoms with E-state index >= 15 is 0 Å². The molecule has 1 atom stereocenters. The zero-order chi connectivity index (χ0) is 16.2. The van der Waals surface area contributed by atoms with Crippen LogP contribution in [0.1, 0.15) is 28.2 Å². The van der Waals surface area contributed by atoms with E-state index in [4.69, 9.17) is 0 Å². The van der Waals surface area contributed by atoms with Gasteiger partial charge in [0.25, 0.3) is 5.91 Å². The van der Waals surface area contributed by atoms with Crippen molar-refractivity contribution in [3.8, 4) is 11.3 Å². The van der Waals surface area contributed by atoms with Gasteiger partial charge < -0.3 is 10.2 Å². The fraction of sp³-hybridized carbons (Fsp3) is 0.444. The highest BCUT2D eigenvalue weighted by Gasteiger charge is 2.24. The number of likely N-dealkylation sites (tertiary alicyclic amines) is 1. The molecule has 1 amide bonds. The fourth-order valence-electron chi connectivity index (χ4n) is 3.19. The van der Waals surface area contributed by atoms with Gasteiger partial charge in [-0.3, -0.25) is 4.79 Å². The monoisotopic (exact) mass is 329 g/mol. The molecule has 3 rings (SSSR count). The van der Waals surface area contributed by atoms with Crippen molar-refractivity contribution < 1.29 is 4.79 Å². The molecule has 122 valence electrons. The summed E-state index contributed by atoms with van der Waals surface area (Å²) >= 11 is 1.63. The Balaban J connectivity index is 1.77. The molecule has 0 radical (unpaired) electrons. The Labute approximate surface area is 141 Å². The predicted molar refractivity (Wildman–Crippen MR) is 94.8 cm³/mol. The van der Waals surface area contributed by atoms with Gasteiger partial charge in [0, 0.05) is 29.6 Å². The van der Waals surface area contributed by atoms with E-state index in [0.29, 0.717) is 5.92 Å². The number of hydrogen-bond donors (Lipinski definition) is 1. The Kier molecular flexibility index (Phi) is 5.08. The van der Waals surface area contributed by atoms with Crippen LogP contribution in [-0.4, -0.2) is 42.5 Å².